The van der Waals surface area contributed by atoms with Crippen molar-refractivity contribution in [3.8, 4) is 0 Å². The van der Waals surface area contributed by atoms with Gasteiger partial charge < -0.3 is 4.66 Å². The fraction of sp³-hybridized carbons (Fsp3) is 0.200. The van der Waals surface area contributed by atoms with Crippen LogP contribution < -0.4 is 34.2 Å². The molecule has 1 aromatic carbocycles. The Morgan fingerprint density at radius 2 is 1.37 bits per heavy atom. The summed E-state index contributed by atoms with van der Waals surface area (Å²) in [5.74, 6) is -3.33. The van der Waals surface area contributed by atoms with Gasteiger partial charge in [0.1, 0.15) is 0 Å². The van der Waals surface area contributed by atoms with Crippen LogP contribution in [0.2, 0.25) is 0 Å². The molecule has 0 bridgehead atoms. The van der Waals surface area contributed by atoms with E-state index in [0.717, 1.165) is 0 Å². The van der Waals surface area contributed by atoms with E-state index in [1.807, 2.05) is 18.2 Å². The molecule has 0 spiro atoms. The van der Waals surface area contributed by atoms with Gasteiger partial charge in [0.05, 0.1) is 0 Å². The molecule has 9 heteroatoms. The Morgan fingerprint density at radius 3 is 1.47 bits per heavy atom. The van der Waals surface area contributed by atoms with Gasteiger partial charge in [-0.25, -0.2) is 11.9 Å². The van der Waals surface area contributed by atoms with Crippen molar-refractivity contribution in [1.82, 2.24) is 0 Å². The smallest absolute Gasteiger partial charge is 0.769 e. The van der Waals surface area contributed by atoms with Crippen LogP contribution in [0.3, 0.4) is 0 Å². The monoisotopic (exact) mass is 316 g/mol. The Labute approximate surface area is 133 Å². The summed E-state index contributed by atoms with van der Waals surface area (Å²) in [6.45, 7) is 2.08. The summed E-state index contributed by atoms with van der Waals surface area (Å²) in [5.41, 5.74) is 1.32. The zero-order chi connectivity index (χ0) is 14.8. The molecule has 0 saturated heterocycles. The topological polar surface area (TPSA) is 23.1 Å². The van der Waals surface area contributed by atoms with Gasteiger partial charge in [-0.3, -0.25) is 0 Å². The molecule has 0 unspecified atom stereocenters. The molecular formula is C10H8ClF6NaO. The second-order valence-corrected chi connectivity index (χ2v) is 2.73. The molecule has 1 rings (SSSR count). The van der Waals surface area contributed by atoms with Crippen LogP contribution in [0.1, 0.15) is 5.56 Å². The number of alkyl halides is 3. The predicted octanol–water partition coefficient (Wildman–Crippen LogP) is 1.13. The second kappa shape index (κ2) is 12.8. The quantitative estimate of drug-likeness (QED) is 0.520. The molecule has 1 nitrogen and oxygen atoms in total. The summed E-state index contributed by atoms with van der Waals surface area (Å²) in [4.78, 5) is 0. The van der Waals surface area contributed by atoms with Crippen LogP contribution in [0.15, 0.2) is 42.2 Å². The molecule has 0 aromatic heterocycles. The molecule has 0 N–H and O–H groups in total. The molecule has 0 heterocycles. The zero-order valence-corrected chi connectivity index (χ0v) is 12.7. The van der Waals surface area contributed by atoms with Gasteiger partial charge in [-0.15, -0.1) is 0 Å². The molecule has 0 saturated carbocycles. The van der Waals surface area contributed by atoms with Crippen molar-refractivity contribution >= 4 is 11.9 Å². The Balaban J connectivity index is -0.000000231. The molecular weight excluding hydrogens is 309 g/mol. The fourth-order valence-electron chi connectivity index (χ4n) is 0.642. The molecule has 0 aliphatic carbocycles. The molecule has 19 heavy (non-hydrogen) atoms. The van der Waals surface area contributed by atoms with Crippen LogP contribution in [-0.2, 0) is 0 Å². The summed E-state index contributed by atoms with van der Waals surface area (Å²) < 4.78 is 72.5. The van der Waals surface area contributed by atoms with Gasteiger partial charge in [0, 0.05) is 0 Å². The van der Waals surface area contributed by atoms with Crippen LogP contribution >= 0.6 is 11.9 Å². The maximum atomic E-state index is 11.0. The van der Waals surface area contributed by atoms with Crippen molar-refractivity contribution in [2.24, 2.45) is 0 Å². The van der Waals surface area contributed by atoms with Crippen LogP contribution in [0.4, 0.5) is 26.3 Å². The average molecular weight is 317 g/mol. The molecule has 0 atom stereocenters. The maximum Gasteiger partial charge on any atom is 1.00 e. The first-order valence-corrected chi connectivity index (χ1v) is 4.51. The van der Waals surface area contributed by atoms with E-state index in [9.17, 15) is 26.3 Å². The number of aryl methyl sites for hydroxylation is 1. The molecule has 1 aromatic rings. The number of halogens is 7. The molecule has 104 valence electrons. The maximum absolute atomic E-state index is 11.0. The van der Waals surface area contributed by atoms with Crippen molar-refractivity contribution in [2.75, 3.05) is 0 Å². The van der Waals surface area contributed by atoms with Gasteiger partial charge in [-0.1, -0.05) is 35.9 Å². The largest absolute Gasteiger partial charge is 1.00 e. The molecule has 0 amide bonds. The third kappa shape index (κ3) is 14.0. The van der Waals surface area contributed by atoms with E-state index in [-0.39, 0.29) is 29.6 Å². The SMILES string of the molecule is Cc1ccccc1.FC(F)=C(F)C(F)(F)F.[Na+].[O-]Cl. The van der Waals surface area contributed by atoms with Crippen LogP contribution in [0.25, 0.3) is 0 Å². The predicted molar refractivity (Wildman–Crippen MR) is 53.4 cm³/mol. The standard InChI is InChI=1S/C7H8.C3F6.ClO.Na/c1-7-5-3-2-4-6-7;4-1(2(5)6)3(7,8)9;1-2;/h2-6H,1H3;;;/q;;-1;+1. The number of hydrogen-bond donors (Lipinski definition) is 0. The van der Waals surface area contributed by atoms with Gasteiger partial charge in [0.2, 0.25) is 0 Å². The molecule has 0 aliphatic heterocycles. The van der Waals surface area contributed by atoms with Crippen molar-refractivity contribution in [3.63, 3.8) is 0 Å². The van der Waals surface area contributed by atoms with Crippen molar-refractivity contribution < 1.29 is 60.6 Å². The number of allylic oxidation sites excluding steroid dienone is 1. The van der Waals surface area contributed by atoms with E-state index in [0.29, 0.717) is 0 Å². The van der Waals surface area contributed by atoms with E-state index in [4.69, 9.17) is 4.66 Å². The first kappa shape index (κ1) is 23.9. The third-order valence-electron chi connectivity index (χ3n) is 1.36. The van der Waals surface area contributed by atoms with E-state index in [2.05, 4.69) is 30.9 Å². The normalized spacial score (nSPS) is 8.89. The van der Waals surface area contributed by atoms with Crippen molar-refractivity contribution in [1.29, 1.82) is 0 Å². The van der Waals surface area contributed by atoms with Crippen molar-refractivity contribution in [3.05, 3.63) is 47.8 Å². The first-order valence-electron chi connectivity index (χ1n) is 4.20. The van der Waals surface area contributed by atoms with Crippen molar-refractivity contribution in [2.45, 2.75) is 13.1 Å². The number of rotatable bonds is 0. The summed E-state index contributed by atoms with van der Waals surface area (Å²) >= 11 is 3.39. The van der Waals surface area contributed by atoms with E-state index >= 15 is 0 Å². The fourth-order valence-corrected chi connectivity index (χ4v) is 0.642. The minimum Gasteiger partial charge on any atom is -0.769 e. The van der Waals surface area contributed by atoms with Gasteiger partial charge in [-0.2, -0.15) is 26.3 Å². The Hall–Kier alpha value is -0.210. The summed E-state index contributed by atoms with van der Waals surface area (Å²) in [6.07, 6.45) is -8.90. The van der Waals surface area contributed by atoms with Crippen LogP contribution in [0, 0.1) is 6.92 Å². The Kier molecular flexibility index (Phi) is 16.1. The summed E-state index contributed by atoms with van der Waals surface area (Å²) in [5, 5.41) is 0. The van der Waals surface area contributed by atoms with Gasteiger partial charge in [0.25, 0.3) is 5.83 Å². The zero-order valence-electron chi connectivity index (χ0n) is 9.94. The Morgan fingerprint density at radius 1 is 1.00 bits per heavy atom. The number of hydrogen-bond acceptors (Lipinski definition) is 1. The molecule has 0 aliphatic rings. The van der Waals surface area contributed by atoms with Gasteiger partial charge >= 0.3 is 41.8 Å². The van der Waals surface area contributed by atoms with Crippen LogP contribution in [0.5, 0.6) is 0 Å². The Bertz CT molecular complexity index is 351. The van der Waals surface area contributed by atoms with Gasteiger partial charge in [0.15, 0.2) is 0 Å². The van der Waals surface area contributed by atoms with Gasteiger partial charge in [-0.05, 0) is 6.92 Å². The van der Waals surface area contributed by atoms with E-state index in [1.165, 1.54) is 5.56 Å². The van der Waals surface area contributed by atoms with Crippen LogP contribution in [-0.4, -0.2) is 6.18 Å². The van der Waals surface area contributed by atoms with E-state index < -0.39 is 18.1 Å². The number of benzene rings is 1. The minimum absolute atomic E-state index is 0. The summed E-state index contributed by atoms with van der Waals surface area (Å²) in [7, 11) is 0. The van der Waals surface area contributed by atoms with E-state index in [1.54, 1.807) is 0 Å². The average Bonchev–Trinajstić information content (AvgIpc) is 2.31. The summed E-state index contributed by atoms with van der Waals surface area (Å²) in [6, 6.07) is 10.3. The third-order valence-corrected chi connectivity index (χ3v) is 1.36. The minimum atomic E-state index is -5.56. The molecule has 0 fully saturated rings. The molecule has 0 radical (unpaired) electrons. The first-order chi connectivity index (χ1) is 8.25. The second-order valence-electron chi connectivity index (χ2n) is 2.73.